The lowest BCUT2D eigenvalue weighted by Crippen LogP contribution is -2.33. The maximum absolute atomic E-state index is 13.9. The predicted molar refractivity (Wildman–Crippen MR) is 135 cm³/mol. The molecule has 5 nitrogen and oxygen atoms in total. The molecule has 0 saturated carbocycles. The van der Waals surface area contributed by atoms with E-state index in [1.54, 1.807) is 28.9 Å². The number of benzene rings is 2. The van der Waals surface area contributed by atoms with Gasteiger partial charge in [-0.25, -0.2) is 4.98 Å². The maximum atomic E-state index is 13.9. The van der Waals surface area contributed by atoms with Crippen molar-refractivity contribution in [2.24, 2.45) is 0 Å². The molecule has 0 aliphatic heterocycles. The molecule has 168 valence electrons. The first kappa shape index (κ1) is 21.9. The number of aromatic nitrogens is 2. The van der Waals surface area contributed by atoms with Gasteiger partial charge in [0.25, 0.3) is 5.56 Å². The number of hydrogen-bond donors (Lipinski definition) is 1. The molecule has 1 amide bonds. The third kappa shape index (κ3) is 3.98. The number of rotatable bonds is 4. The number of hydrogen-bond acceptors (Lipinski definition) is 4. The summed E-state index contributed by atoms with van der Waals surface area (Å²) in [5.74, 6) is 0.218. The minimum absolute atomic E-state index is 0.150. The minimum Gasteiger partial charge on any atom is -0.324 e. The first-order valence-corrected chi connectivity index (χ1v) is 12.3. The van der Waals surface area contributed by atoms with Gasteiger partial charge < -0.3 is 5.32 Å². The largest absolute Gasteiger partial charge is 0.324 e. The molecule has 7 heteroatoms. The van der Waals surface area contributed by atoms with Crippen LogP contribution in [-0.4, -0.2) is 15.5 Å². The van der Waals surface area contributed by atoms with Crippen molar-refractivity contribution in [1.29, 1.82) is 0 Å². The zero-order valence-electron chi connectivity index (χ0n) is 18.5. The van der Waals surface area contributed by atoms with Gasteiger partial charge in [-0.15, -0.1) is 11.3 Å². The van der Waals surface area contributed by atoms with Crippen molar-refractivity contribution >= 4 is 44.7 Å². The molecule has 0 spiro atoms. The fourth-order valence-corrected chi connectivity index (χ4v) is 5.83. The number of nitrogens with one attached hydrogen (secondary N) is 1. The van der Waals surface area contributed by atoms with Crippen LogP contribution in [0.25, 0.3) is 21.6 Å². The number of halogens is 1. The van der Waals surface area contributed by atoms with Gasteiger partial charge in [-0.05, 0) is 62.8 Å². The van der Waals surface area contributed by atoms with E-state index >= 15 is 0 Å². The Labute approximate surface area is 201 Å². The lowest BCUT2D eigenvalue weighted by atomic mass is 9.97. The van der Waals surface area contributed by atoms with Crippen LogP contribution in [0.15, 0.2) is 53.3 Å². The predicted octanol–water partition coefficient (Wildman–Crippen LogP) is 6.17. The SMILES string of the molecule is Cc1ccc(NC(=O)C(C)n2c(-c3ccccc3)nc3sc4c(c3c2=O)CCCC4)cc1Cl. The molecular formula is C26H24ClN3O2S. The Bertz CT molecular complexity index is 1430. The van der Waals surface area contributed by atoms with E-state index in [2.05, 4.69) is 5.32 Å². The Kier molecular flexibility index (Phi) is 5.81. The molecule has 1 aliphatic rings. The highest BCUT2D eigenvalue weighted by atomic mass is 35.5. The number of fused-ring (bicyclic) bond motifs is 3. The van der Waals surface area contributed by atoms with E-state index in [1.807, 2.05) is 49.4 Å². The molecule has 0 radical (unpaired) electrons. The lowest BCUT2D eigenvalue weighted by Gasteiger charge is -2.20. The van der Waals surface area contributed by atoms with Crippen molar-refractivity contribution in [3.8, 4) is 11.4 Å². The molecular weight excluding hydrogens is 454 g/mol. The van der Waals surface area contributed by atoms with Crippen LogP contribution in [0.4, 0.5) is 5.69 Å². The standard InChI is InChI=1S/C26H24ClN3O2S/c1-15-12-13-18(14-20(15)27)28-24(31)16(2)30-23(17-8-4-3-5-9-17)29-25-22(26(30)32)19-10-6-7-11-21(19)33-25/h3-5,8-9,12-14,16H,6-7,10-11H2,1-2H3,(H,28,31). The molecule has 4 aromatic rings. The Balaban J connectivity index is 1.64. The normalized spacial score (nSPS) is 14.2. The highest BCUT2D eigenvalue weighted by molar-refractivity contribution is 7.18. The van der Waals surface area contributed by atoms with Crippen molar-refractivity contribution in [1.82, 2.24) is 9.55 Å². The summed E-state index contributed by atoms with van der Waals surface area (Å²) in [5, 5.41) is 4.16. The summed E-state index contributed by atoms with van der Waals surface area (Å²) in [6.07, 6.45) is 4.08. The average molecular weight is 478 g/mol. The molecule has 1 unspecified atom stereocenters. The second-order valence-corrected chi connectivity index (χ2v) is 9.99. The Morgan fingerprint density at radius 3 is 2.67 bits per heavy atom. The van der Waals surface area contributed by atoms with Crippen molar-refractivity contribution in [3.63, 3.8) is 0 Å². The molecule has 1 aliphatic carbocycles. The third-order valence-electron chi connectivity index (χ3n) is 6.26. The molecule has 1 atom stereocenters. The van der Waals surface area contributed by atoms with Gasteiger partial charge in [0.15, 0.2) is 0 Å². The summed E-state index contributed by atoms with van der Waals surface area (Å²) in [5.41, 5.74) is 3.30. The first-order valence-electron chi connectivity index (χ1n) is 11.1. The quantitative estimate of drug-likeness (QED) is 0.382. The Morgan fingerprint density at radius 1 is 1.15 bits per heavy atom. The van der Waals surface area contributed by atoms with Gasteiger partial charge in [0.1, 0.15) is 16.7 Å². The van der Waals surface area contributed by atoms with Crippen LogP contribution < -0.4 is 10.9 Å². The van der Waals surface area contributed by atoms with E-state index in [-0.39, 0.29) is 11.5 Å². The van der Waals surface area contributed by atoms with Gasteiger partial charge in [0.2, 0.25) is 5.91 Å². The van der Waals surface area contributed by atoms with E-state index < -0.39 is 6.04 Å². The molecule has 1 N–H and O–H groups in total. The highest BCUT2D eigenvalue weighted by Gasteiger charge is 2.27. The van der Waals surface area contributed by atoms with Crippen LogP contribution in [-0.2, 0) is 17.6 Å². The van der Waals surface area contributed by atoms with Gasteiger partial charge in [-0.2, -0.15) is 0 Å². The summed E-state index contributed by atoms with van der Waals surface area (Å²) in [6.45, 7) is 3.65. The van der Waals surface area contributed by atoms with Gasteiger partial charge in [-0.3, -0.25) is 14.2 Å². The van der Waals surface area contributed by atoms with Crippen LogP contribution in [0.2, 0.25) is 5.02 Å². The molecule has 0 bridgehead atoms. The second-order valence-electron chi connectivity index (χ2n) is 8.50. The molecule has 5 rings (SSSR count). The van der Waals surface area contributed by atoms with Crippen LogP contribution in [0.1, 0.15) is 41.8 Å². The summed E-state index contributed by atoms with van der Waals surface area (Å²) in [7, 11) is 0. The Hall–Kier alpha value is -2.96. The third-order valence-corrected chi connectivity index (χ3v) is 7.85. The van der Waals surface area contributed by atoms with Crippen molar-refractivity contribution in [2.45, 2.75) is 45.6 Å². The van der Waals surface area contributed by atoms with E-state index in [4.69, 9.17) is 16.6 Å². The smallest absolute Gasteiger partial charge is 0.263 e. The minimum atomic E-state index is -0.760. The van der Waals surface area contributed by atoms with E-state index in [9.17, 15) is 9.59 Å². The van der Waals surface area contributed by atoms with Crippen molar-refractivity contribution in [2.75, 3.05) is 5.32 Å². The number of thiophene rings is 1. The summed E-state index contributed by atoms with van der Waals surface area (Å²) >= 11 is 7.85. The monoisotopic (exact) mass is 477 g/mol. The fraction of sp³-hybridized carbons (Fsp3) is 0.269. The zero-order chi connectivity index (χ0) is 23.1. The average Bonchev–Trinajstić information content (AvgIpc) is 3.20. The number of aryl methyl sites for hydroxylation is 3. The topological polar surface area (TPSA) is 64.0 Å². The molecule has 33 heavy (non-hydrogen) atoms. The molecule has 0 saturated heterocycles. The van der Waals surface area contributed by atoms with Crippen LogP contribution in [0.3, 0.4) is 0 Å². The maximum Gasteiger partial charge on any atom is 0.263 e. The summed E-state index contributed by atoms with van der Waals surface area (Å²) in [6, 6.07) is 14.2. The van der Waals surface area contributed by atoms with E-state index in [0.29, 0.717) is 21.9 Å². The van der Waals surface area contributed by atoms with E-state index in [1.165, 1.54) is 4.88 Å². The zero-order valence-corrected chi connectivity index (χ0v) is 20.1. The van der Waals surface area contributed by atoms with Gasteiger partial charge in [0.05, 0.1) is 5.39 Å². The molecule has 2 heterocycles. The summed E-state index contributed by atoms with van der Waals surface area (Å²) in [4.78, 5) is 34.1. The van der Waals surface area contributed by atoms with Crippen molar-refractivity contribution in [3.05, 3.63) is 79.9 Å². The van der Waals surface area contributed by atoms with Crippen LogP contribution >= 0.6 is 22.9 Å². The number of carbonyl (C=O) groups is 1. The van der Waals surface area contributed by atoms with Crippen molar-refractivity contribution < 1.29 is 4.79 Å². The second kappa shape index (κ2) is 8.76. The fourth-order valence-electron chi connectivity index (χ4n) is 4.40. The molecule has 0 fully saturated rings. The Morgan fingerprint density at radius 2 is 1.91 bits per heavy atom. The van der Waals surface area contributed by atoms with Gasteiger partial charge >= 0.3 is 0 Å². The number of amides is 1. The molecule has 2 aromatic carbocycles. The number of anilines is 1. The van der Waals surface area contributed by atoms with Crippen LogP contribution in [0, 0.1) is 6.92 Å². The van der Waals surface area contributed by atoms with Gasteiger partial charge in [-0.1, -0.05) is 48.0 Å². The highest BCUT2D eigenvalue weighted by Crippen LogP contribution is 2.35. The number of nitrogens with zero attached hydrogens (tertiary/aromatic N) is 2. The lowest BCUT2D eigenvalue weighted by molar-refractivity contribution is -0.118. The number of carbonyl (C=O) groups excluding carboxylic acids is 1. The summed E-state index contributed by atoms with van der Waals surface area (Å²) < 4.78 is 1.55. The van der Waals surface area contributed by atoms with E-state index in [0.717, 1.165) is 47.2 Å². The van der Waals surface area contributed by atoms with Gasteiger partial charge in [0, 0.05) is 21.2 Å². The molecule has 2 aromatic heterocycles. The van der Waals surface area contributed by atoms with Crippen LogP contribution in [0.5, 0.6) is 0 Å². The first-order chi connectivity index (χ1) is 15.9.